The maximum atomic E-state index is 16.0. The molecule has 257 valence electrons. The number of aromatic nitrogens is 2. The Morgan fingerprint density at radius 2 is 1.38 bits per heavy atom. The van der Waals surface area contributed by atoms with Gasteiger partial charge in [0.05, 0.1) is 29.1 Å². The Labute approximate surface area is 267 Å². The van der Waals surface area contributed by atoms with E-state index in [1.807, 2.05) is 0 Å². The van der Waals surface area contributed by atoms with Crippen LogP contribution in [0.4, 0.5) is 4.39 Å². The molecule has 1 radical (unpaired) electrons. The molecule has 45 heavy (non-hydrogen) atoms. The van der Waals surface area contributed by atoms with Crippen LogP contribution in [0.2, 0.25) is 0 Å². The fourth-order valence-corrected chi connectivity index (χ4v) is 9.65. The summed E-state index contributed by atoms with van der Waals surface area (Å²) >= 11 is 0. The van der Waals surface area contributed by atoms with Gasteiger partial charge in [-0.05, 0) is 57.3 Å². The number of aliphatic hydroxyl groups is 1. The molecule has 1 saturated heterocycles. The third kappa shape index (κ3) is 10.5. The number of rotatable bonds is 20. The maximum Gasteiger partial charge on any atom is 0.330 e. The van der Waals surface area contributed by atoms with E-state index in [0.29, 0.717) is 18.8 Å². The minimum absolute atomic E-state index is 0.0717. The van der Waals surface area contributed by atoms with E-state index in [2.05, 4.69) is 4.98 Å². The number of nitrogens with zero attached hydrogens (tertiary/aromatic N) is 1. The summed E-state index contributed by atoms with van der Waals surface area (Å²) < 4.78 is 73.9. The lowest BCUT2D eigenvalue weighted by Crippen LogP contribution is -2.44. The van der Waals surface area contributed by atoms with Crippen molar-refractivity contribution in [3.05, 3.63) is 39.0 Å². The molecule has 2 N–H and O–H groups in total. The summed E-state index contributed by atoms with van der Waals surface area (Å²) in [5.74, 6) is 2.06. The molecule has 0 aromatic carbocycles. The summed E-state index contributed by atoms with van der Waals surface area (Å²) in [6.45, 7) is 1.11. The van der Waals surface area contributed by atoms with Crippen LogP contribution in [0.1, 0.15) is 116 Å². The van der Waals surface area contributed by atoms with Crippen LogP contribution < -0.4 is 11.2 Å². The van der Waals surface area contributed by atoms with Gasteiger partial charge in [-0.1, -0.05) is 64.2 Å². The van der Waals surface area contributed by atoms with Crippen LogP contribution in [0.5, 0.6) is 0 Å². The lowest BCUT2D eigenvalue weighted by atomic mass is 9.82. The van der Waals surface area contributed by atoms with Crippen LogP contribution >= 0.6 is 0 Å². The first kappa shape index (κ1) is 36.3. The van der Waals surface area contributed by atoms with Gasteiger partial charge in [0.2, 0.25) is 0 Å². The molecule has 2 heterocycles. The first-order chi connectivity index (χ1) is 21.3. The molecule has 10 nitrogen and oxygen atoms in total. The molecule has 0 unspecified atom stereocenters. The molecular formula is C32H52FN2O8S2. The van der Waals surface area contributed by atoms with Crippen molar-refractivity contribution in [2.24, 2.45) is 11.8 Å². The summed E-state index contributed by atoms with van der Waals surface area (Å²) in [5.41, 5.74) is -3.97. The predicted octanol–water partition coefficient (Wildman–Crippen LogP) is 4.43. The summed E-state index contributed by atoms with van der Waals surface area (Å²) in [6.07, 6.45) is 10.2. The highest BCUT2D eigenvalue weighted by Gasteiger charge is 2.57. The van der Waals surface area contributed by atoms with Crippen LogP contribution in [-0.2, 0) is 24.4 Å². The number of ether oxygens (including phenoxy) is 1. The third-order valence-corrected chi connectivity index (χ3v) is 13.8. The number of nitrogens with one attached hydrogen (secondary N) is 1. The molecule has 13 heteroatoms. The van der Waals surface area contributed by atoms with Gasteiger partial charge < -0.3 is 9.84 Å². The van der Waals surface area contributed by atoms with E-state index in [1.54, 1.807) is 0 Å². The molecule has 2 aliphatic carbocycles. The predicted molar refractivity (Wildman–Crippen MR) is 172 cm³/mol. The number of aromatic amines is 1. The van der Waals surface area contributed by atoms with Crippen molar-refractivity contribution >= 4 is 19.7 Å². The van der Waals surface area contributed by atoms with Gasteiger partial charge in [-0.25, -0.2) is 26.0 Å². The van der Waals surface area contributed by atoms with E-state index in [9.17, 15) is 31.5 Å². The normalized spacial score (nSPS) is 26.3. The Kier molecular flexibility index (Phi) is 12.9. The van der Waals surface area contributed by atoms with Gasteiger partial charge >= 0.3 is 5.69 Å². The summed E-state index contributed by atoms with van der Waals surface area (Å²) in [5, 5.41) is 11.1. The van der Waals surface area contributed by atoms with Crippen molar-refractivity contribution in [3.8, 4) is 0 Å². The Balaban J connectivity index is 1.36. The van der Waals surface area contributed by atoms with Crippen LogP contribution in [0.25, 0.3) is 0 Å². The van der Waals surface area contributed by atoms with Gasteiger partial charge in [0, 0.05) is 18.2 Å². The highest BCUT2D eigenvalue weighted by Crippen LogP contribution is 2.45. The molecule has 3 fully saturated rings. The van der Waals surface area contributed by atoms with Crippen molar-refractivity contribution < 1.29 is 31.1 Å². The van der Waals surface area contributed by atoms with E-state index >= 15 is 4.39 Å². The first-order valence-electron chi connectivity index (χ1n) is 16.9. The second kappa shape index (κ2) is 16.0. The smallest absolute Gasteiger partial charge is 0.330 e. The molecule has 3 aliphatic rings. The quantitative estimate of drug-likeness (QED) is 0.193. The van der Waals surface area contributed by atoms with E-state index in [0.717, 1.165) is 61.3 Å². The zero-order valence-corrected chi connectivity index (χ0v) is 28.3. The summed E-state index contributed by atoms with van der Waals surface area (Å²) in [4.78, 5) is 26.1. The topological polar surface area (TPSA) is 153 Å². The number of halogens is 1. The minimum Gasteiger partial charge on any atom is -0.387 e. The van der Waals surface area contributed by atoms with Crippen molar-refractivity contribution in [1.82, 2.24) is 9.55 Å². The molecule has 1 aliphatic heterocycles. The molecule has 2 saturated carbocycles. The van der Waals surface area contributed by atoms with Crippen molar-refractivity contribution in [2.45, 2.75) is 134 Å². The second-order valence-corrected chi connectivity index (χ2v) is 18.4. The minimum atomic E-state index is -3.31. The Morgan fingerprint density at radius 1 is 0.889 bits per heavy atom. The highest BCUT2D eigenvalue weighted by atomic mass is 32.2. The van der Waals surface area contributed by atoms with Crippen molar-refractivity contribution in [3.63, 3.8) is 0 Å². The lowest BCUT2D eigenvalue weighted by molar-refractivity contribution is -0.0492. The molecule has 0 amide bonds. The average molecular weight is 676 g/mol. The largest absolute Gasteiger partial charge is 0.387 e. The Hall–Kier alpha value is -1.57. The third-order valence-electron chi connectivity index (χ3n) is 10.1. The van der Waals surface area contributed by atoms with Crippen LogP contribution in [0.15, 0.2) is 21.9 Å². The summed E-state index contributed by atoms with van der Waals surface area (Å²) in [7, 11) is -6.63. The molecule has 1 aromatic heterocycles. The Bertz CT molecular complexity index is 1360. The molecule has 4 rings (SSSR count). The van der Waals surface area contributed by atoms with Crippen molar-refractivity contribution in [1.29, 1.82) is 0 Å². The van der Waals surface area contributed by atoms with Crippen LogP contribution in [0.3, 0.4) is 0 Å². The van der Waals surface area contributed by atoms with Gasteiger partial charge in [-0.3, -0.25) is 14.3 Å². The number of sulfone groups is 2. The number of hydrogen-bond acceptors (Lipinski definition) is 8. The monoisotopic (exact) mass is 675 g/mol. The van der Waals surface area contributed by atoms with E-state index in [4.69, 9.17) is 4.74 Å². The standard InChI is InChI=1S/C32H52FN2O8S2/c1-32(33)29(37)28(43-30(32)35-19-18-27(36)34-31(35)38)26(16-8-22-44(39,40)20-4-2-10-24-12-6-13-24)17-9-23-45(41,42)21-5-3-11-25-14-7-15-25/h18-19,24-25,28-30,37H,2-17,20-23H2,1H3,(H,34,36,38)/t28-,29-,30-,32-/m1/s1. The maximum absolute atomic E-state index is 16.0. The SMILES string of the molecule is C[C@@]1(F)[C@H](O)[C@@H]([C](CCCS(=O)(=O)CCCCC2CCC2)CCCS(=O)(=O)CCCCC2CCC2)O[C@H]1n1ccc(=O)[nH]c1=O. The van der Waals surface area contributed by atoms with E-state index < -0.39 is 55.0 Å². The summed E-state index contributed by atoms with van der Waals surface area (Å²) in [6, 6.07) is 1.05. The lowest BCUT2D eigenvalue weighted by Gasteiger charge is -2.26. The van der Waals surface area contributed by atoms with Gasteiger partial charge in [0.25, 0.3) is 5.56 Å². The van der Waals surface area contributed by atoms with Gasteiger partial charge in [0.15, 0.2) is 11.9 Å². The van der Waals surface area contributed by atoms with Gasteiger partial charge in [-0.2, -0.15) is 0 Å². The molecule has 1 aromatic rings. The fourth-order valence-electron chi connectivity index (χ4n) is 6.78. The molecule has 0 spiro atoms. The van der Waals surface area contributed by atoms with Gasteiger partial charge in [-0.15, -0.1) is 0 Å². The van der Waals surface area contributed by atoms with Gasteiger partial charge in [0.1, 0.15) is 25.8 Å². The van der Waals surface area contributed by atoms with Crippen LogP contribution in [-0.4, -0.2) is 72.4 Å². The molecular weight excluding hydrogens is 623 g/mol. The number of H-pyrrole nitrogens is 1. The molecule has 0 bridgehead atoms. The molecule has 4 atom stereocenters. The zero-order valence-electron chi connectivity index (χ0n) is 26.6. The van der Waals surface area contributed by atoms with E-state index in [1.165, 1.54) is 38.5 Å². The number of alkyl halides is 1. The Morgan fingerprint density at radius 3 is 1.82 bits per heavy atom. The fraction of sp³-hybridized carbons (Fsp3) is 0.844. The van der Waals surface area contributed by atoms with Crippen molar-refractivity contribution in [2.75, 3.05) is 23.0 Å². The number of unbranched alkanes of at least 4 members (excludes halogenated alkanes) is 2. The number of hydrogen-bond donors (Lipinski definition) is 2. The van der Waals surface area contributed by atoms with Crippen LogP contribution in [0, 0.1) is 17.8 Å². The van der Waals surface area contributed by atoms with E-state index in [-0.39, 0.29) is 48.7 Å². The first-order valence-corrected chi connectivity index (χ1v) is 20.5. The average Bonchev–Trinajstić information content (AvgIpc) is 3.13. The number of aliphatic hydroxyl groups excluding tert-OH is 1. The zero-order chi connectivity index (χ0) is 32.7. The highest BCUT2D eigenvalue weighted by molar-refractivity contribution is 7.91. The second-order valence-electron chi connectivity index (χ2n) is 13.8.